The summed E-state index contributed by atoms with van der Waals surface area (Å²) in [4.78, 5) is 15.8. The van der Waals surface area contributed by atoms with E-state index in [4.69, 9.17) is 0 Å². The van der Waals surface area contributed by atoms with Crippen molar-refractivity contribution in [2.24, 2.45) is 0 Å². The van der Waals surface area contributed by atoms with E-state index in [2.05, 4.69) is 42.4 Å². The average Bonchev–Trinajstić information content (AvgIpc) is 2.94. The van der Waals surface area contributed by atoms with Crippen LogP contribution >= 0.6 is 11.8 Å². The first-order chi connectivity index (χ1) is 11.1. The van der Waals surface area contributed by atoms with Crippen molar-refractivity contribution >= 4 is 23.4 Å². The molecule has 0 aliphatic carbocycles. The molecule has 0 spiro atoms. The second-order valence-electron chi connectivity index (χ2n) is 5.97. The third kappa shape index (κ3) is 3.88. The predicted molar refractivity (Wildman–Crippen MR) is 97.5 cm³/mol. The van der Waals surface area contributed by atoms with Crippen LogP contribution < -0.4 is 10.2 Å². The lowest BCUT2D eigenvalue weighted by atomic mass is 10.1. The number of amides is 1. The number of nitrogens with one attached hydrogen (secondary N) is 1. The Morgan fingerprint density at radius 1 is 1.26 bits per heavy atom. The first-order valence-corrected chi connectivity index (χ1v) is 8.85. The monoisotopic (exact) mass is 326 g/mol. The number of hydrogen-bond acceptors (Lipinski definition) is 3. The SMILES string of the molecule is C[C@@H](CNC(=O)c1ccc2c(c1)CCN2C)Sc1ccccc1. The quantitative estimate of drug-likeness (QED) is 0.852. The van der Waals surface area contributed by atoms with E-state index in [9.17, 15) is 4.79 Å². The fraction of sp³-hybridized carbons (Fsp3) is 0.316. The van der Waals surface area contributed by atoms with Crippen LogP contribution in [0.3, 0.4) is 0 Å². The van der Waals surface area contributed by atoms with E-state index in [1.807, 2.05) is 30.3 Å². The molecule has 3 rings (SSSR count). The molecule has 1 aliphatic rings. The molecule has 2 aromatic carbocycles. The molecule has 0 bridgehead atoms. The summed E-state index contributed by atoms with van der Waals surface area (Å²) < 4.78 is 0. The molecule has 1 aliphatic heterocycles. The molecule has 1 heterocycles. The topological polar surface area (TPSA) is 32.3 Å². The maximum Gasteiger partial charge on any atom is 0.251 e. The highest BCUT2D eigenvalue weighted by Gasteiger charge is 2.17. The lowest BCUT2D eigenvalue weighted by Crippen LogP contribution is -2.29. The van der Waals surface area contributed by atoms with E-state index in [0.717, 1.165) is 18.5 Å². The summed E-state index contributed by atoms with van der Waals surface area (Å²) >= 11 is 1.78. The van der Waals surface area contributed by atoms with Crippen molar-refractivity contribution in [1.29, 1.82) is 0 Å². The summed E-state index contributed by atoms with van der Waals surface area (Å²) in [6, 6.07) is 16.3. The zero-order valence-corrected chi connectivity index (χ0v) is 14.4. The molecule has 23 heavy (non-hydrogen) atoms. The first kappa shape index (κ1) is 15.9. The van der Waals surface area contributed by atoms with Crippen LogP contribution in [-0.2, 0) is 6.42 Å². The Bertz CT molecular complexity index is 687. The van der Waals surface area contributed by atoms with E-state index in [1.54, 1.807) is 11.8 Å². The number of likely N-dealkylation sites (N-methyl/N-ethyl adjacent to an activating group) is 1. The molecule has 120 valence electrons. The van der Waals surface area contributed by atoms with Gasteiger partial charge in [0.25, 0.3) is 5.91 Å². The van der Waals surface area contributed by atoms with Crippen molar-refractivity contribution in [2.45, 2.75) is 23.5 Å². The molecule has 0 saturated heterocycles. The zero-order valence-electron chi connectivity index (χ0n) is 13.6. The summed E-state index contributed by atoms with van der Waals surface area (Å²) in [5, 5.41) is 3.38. The molecule has 4 heteroatoms. The van der Waals surface area contributed by atoms with Crippen LogP contribution in [0.5, 0.6) is 0 Å². The van der Waals surface area contributed by atoms with E-state index >= 15 is 0 Å². The van der Waals surface area contributed by atoms with Crippen LogP contribution in [0.1, 0.15) is 22.8 Å². The number of carbonyl (C=O) groups is 1. The minimum absolute atomic E-state index is 0.0165. The van der Waals surface area contributed by atoms with Crippen LogP contribution in [0.2, 0.25) is 0 Å². The Labute approximate surface area is 142 Å². The molecule has 2 aromatic rings. The number of fused-ring (bicyclic) bond motifs is 1. The van der Waals surface area contributed by atoms with Crippen LogP contribution in [0.15, 0.2) is 53.4 Å². The molecule has 3 nitrogen and oxygen atoms in total. The standard InChI is InChI=1S/C19H22N2OS/c1-14(23-17-6-4-3-5-7-17)13-20-19(22)16-8-9-18-15(12-16)10-11-21(18)2/h3-9,12,14H,10-11,13H2,1-2H3,(H,20,22)/t14-/m0/s1. The lowest BCUT2D eigenvalue weighted by molar-refractivity contribution is 0.0954. The maximum absolute atomic E-state index is 12.3. The molecular formula is C19H22N2OS. The summed E-state index contributed by atoms with van der Waals surface area (Å²) in [5.41, 5.74) is 3.28. The molecule has 1 atom stereocenters. The predicted octanol–water partition coefficient (Wildman–Crippen LogP) is 3.59. The normalized spacial score (nSPS) is 14.4. The molecule has 0 fully saturated rings. The van der Waals surface area contributed by atoms with Crippen LogP contribution in [0.25, 0.3) is 0 Å². The third-order valence-corrected chi connectivity index (χ3v) is 5.21. The van der Waals surface area contributed by atoms with Crippen LogP contribution in [0, 0.1) is 0 Å². The fourth-order valence-electron chi connectivity index (χ4n) is 2.82. The van der Waals surface area contributed by atoms with Crippen molar-refractivity contribution in [3.63, 3.8) is 0 Å². The van der Waals surface area contributed by atoms with Gasteiger partial charge in [-0.15, -0.1) is 11.8 Å². The Morgan fingerprint density at radius 2 is 2.04 bits per heavy atom. The number of hydrogen-bond donors (Lipinski definition) is 1. The van der Waals surface area contributed by atoms with Gasteiger partial charge >= 0.3 is 0 Å². The number of nitrogens with zero attached hydrogens (tertiary/aromatic N) is 1. The maximum atomic E-state index is 12.3. The van der Waals surface area contributed by atoms with E-state index in [1.165, 1.54) is 16.1 Å². The van der Waals surface area contributed by atoms with E-state index < -0.39 is 0 Å². The third-order valence-electron chi connectivity index (χ3n) is 4.10. The van der Waals surface area contributed by atoms with Crippen molar-refractivity contribution in [1.82, 2.24) is 5.32 Å². The van der Waals surface area contributed by atoms with Gasteiger partial charge in [-0.05, 0) is 42.3 Å². The molecule has 0 radical (unpaired) electrons. The number of benzene rings is 2. The van der Waals surface area contributed by atoms with Crippen molar-refractivity contribution in [2.75, 3.05) is 25.0 Å². The van der Waals surface area contributed by atoms with Gasteiger partial charge in [0.15, 0.2) is 0 Å². The van der Waals surface area contributed by atoms with E-state index in [-0.39, 0.29) is 5.91 Å². The molecular weight excluding hydrogens is 304 g/mol. The first-order valence-electron chi connectivity index (χ1n) is 7.97. The largest absolute Gasteiger partial charge is 0.374 e. The highest BCUT2D eigenvalue weighted by Crippen LogP contribution is 2.27. The van der Waals surface area contributed by atoms with Gasteiger partial charge in [0, 0.05) is 41.5 Å². The summed E-state index contributed by atoms with van der Waals surface area (Å²) in [5.74, 6) is 0.0165. The lowest BCUT2D eigenvalue weighted by Gasteiger charge is -2.14. The highest BCUT2D eigenvalue weighted by molar-refractivity contribution is 8.00. The van der Waals surface area contributed by atoms with Gasteiger partial charge in [0.05, 0.1) is 0 Å². The summed E-state index contributed by atoms with van der Waals surface area (Å²) in [7, 11) is 2.09. The number of anilines is 1. The summed E-state index contributed by atoms with van der Waals surface area (Å²) in [6.45, 7) is 3.83. The molecule has 1 amide bonds. The van der Waals surface area contributed by atoms with Gasteiger partial charge in [-0.1, -0.05) is 25.1 Å². The number of carbonyl (C=O) groups excluding carboxylic acids is 1. The van der Waals surface area contributed by atoms with Gasteiger partial charge in [-0.3, -0.25) is 4.79 Å². The van der Waals surface area contributed by atoms with Crippen molar-refractivity contribution < 1.29 is 4.79 Å². The number of thioether (sulfide) groups is 1. The zero-order chi connectivity index (χ0) is 16.2. The van der Waals surface area contributed by atoms with Gasteiger partial charge < -0.3 is 10.2 Å². The molecule has 0 aromatic heterocycles. The number of rotatable bonds is 5. The minimum atomic E-state index is 0.0165. The Morgan fingerprint density at radius 3 is 2.83 bits per heavy atom. The Kier molecular flexibility index (Phi) is 4.91. The minimum Gasteiger partial charge on any atom is -0.374 e. The fourth-order valence-corrected chi connectivity index (χ4v) is 3.77. The van der Waals surface area contributed by atoms with Gasteiger partial charge in [-0.25, -0.2) is 0 Å². The van der Waals surface area contributed by atoms with Gasteiger partial charge in [-0.2, -0.15) is 0 Å². The molecule has 0 saturated carbocycles. The Balaban J connectivity index is 1.55. The Hall–Kier alpha value is -1.94. The van der Waals surface area contributed by atoms with Crippen LogP contribution in [-0.4, -0.2) is 31.3 Å². The molecule has 1 N–H and O–H groups in total. The van der Waals surface area contributed by atoms with E-state index in [0.29, 0.717) is 11.8 Å². The van der Waals surface area contributed by atoms with Gasteiger partial charge in [0.1, 0.15) is 0 Å². The second kappa shape index (κ2) is 7.09. The van der Waals surface area contributed by atoms with Gasteiger partial charge in [0.2, 0.25) is 0 Å². The average molecular weight is 326 g/mol. The second-order valence-corrected chi connectivity index (χ2v) is 7.48. The van der Waals surface area contributed by atoms with Crippen molar-refractivity contribution in [3.8, 4) is 0 Å². The van der Waals surface area contributed by atoms with Crippen LogP contribution in [0.4, 0.5) is 5.69 Å². The summed E-state index contributed by atoms with van der Waals surface area (Å²) in [6.07, 6.45) is 1.02. The van der Waals surface area contributed by atoms with Crippen molar-refractivity contribution in [3.05, 3.63) is 59.7 Å². The molecule has 0 unspecified atom stereocenters. The smallest absolute Gasteiger partial charge is 0.251 e. The highest BCUT2D eigenvalue weighted by atomic mass is 32.2.